The number of rotatable bonds is 7. The molecule has 1 saturated carbocycles. The van der Waals surface area contributed by atoms with Gasteiger partial charge >= 0.3 is 6.03 Å². The predicted octanol–water partition coefficient (Wildman–Crippen LogP) is 2.68. The summed E-state index contributed by atoms with van der Waals surface area (Å²) in [5.74, 6) is 0.206. The summed E-state index contributed by atoms with van der Waals surface area (Å²) in [6.45, 7) is 0.331. The molecule has 1 heterocycles. The molecule has 154 valence electrons. The molecule has 1 aliphatic heterocycles. The molecule has 0 spiro atoms. The van der Waals surface area contributed by atoms with E-state index in [0.29, 0.717) is 23.7 Å². The second kappa shape index (κ2) is 10.1. The highest BCUT2D eigenvalue weighted by Gasteiger charge is 2.34. The first kappa shape index (κ1) is 20.9. The monoisotopic (exact) mass is 409 g/mol. The van der Waals surface area contributed by atoms with Gasteiger partial charge < -0.3 is 25.8 Å². The minimum Gasteiger partial charge on any atom is -0.394 e. The second-order valence-corrected chi connectivity index (χ2v) is 7.91. The Bertz CT molecular complexity index is 666. The van der Waals surface area contributed by atoms with Crippen molar-refractivity contribution in [2.24, 2.45) is 5.92 Å². The van der Waals surface area contributed by atoms with Gasteiger partial charge in [0.15, 0.2) is 0 Å². The molecule has 1 aromatic carbocycles. The standard InChI is InChI=1S/C20H28ClN3O4/c21-14-4-6-15(7-5-14)23-20(27)22-11-10-16-8-9-17(18(12-25)28-16)24-19(26)13-2-1-3-13/h4-7,13,16-18,25H,1-3,8-12H2,(H,24,26)(H2,22,23,27)/t16-,17+,18+/m0/s1. The van der Waals surface area contributed by atoms with Crippen LogP contribution < -0.4 is 16.0 Å². The lowest BCUT2D eigenvalue weighted by atomic mass is 9.84. The van der Waals surface area contributed by atoms with Crippen LogP contribution in [0.2, 0.25) is 5.02 Å². The highest BCUT2D eigenvalue weighted by atomic mass is 35.5. The minimum absolute atomic E-state index is 0.0511. The zero-order valence-electron chi connectivity index (χ0n) is 15.8. The smallest absolute Gasteiger partial charge is 0.319 e. The Morgan fingerprint density at radius 2 is 1.89 bits per heavy atom. The van der Waals surface area contributed by atoms with E-state index >= 15 is 0 Å². The molecule has 3 amide bonds. The first-order valence-electron chi connectivity index (χ1n) is 9.92. The summed E-state index contributed by atoms with van der Waals surface area (Å²) in [6, 6.07) is 6.45. The summed E-state index contributed by atoms with van der Waals surface area (Å²) < 4.78 is 5.94. The molecule has 28 heavy (non-hydrogen) atoms. The summed E-state index contributed by atoms with van der Waals surface area (Å²) in [5.41, 5.74) is 0.668. The molecule has 0 radical (unpaired) electrons. The van der Waals surface area contributed by atoms with Gasteiger partial charge in [0.1, 0.15) is 6.10 Å². The van der Waals surface area contributed by atoms with E-state index in [4.69, 9.17) is 16.3 Å². The number of amides is 3. The van der Waals surface area contributed by atoms with Crippen molar-refractivity contribution >= 4 is 29.2 Å². The van der Waals surface area contributed by atoms with Crippen molar-refractivity contribution < 1.29 is 19.4 Å². The maximum atomic E-state index is 12.1. The van der Waals surface area contributed by atoms with Gasteiger partial charge in [-0.2, -0.15) is 0 Å². The van der Waals surface area contributed by atoms with Crippen molar-refractivity contribution in [3.05, 3.63) is 29.3 Å². The number of urea groups is 1. The number of anilines is 1. The lowest BCUT2D eigenvalue weighted by Gasteiger charge is -2.37. The summed E-state index contributed by atoms with van der Waals surface area (Å²) in [6.07, 6.45) is 4.77. The molecule has 0 aromatic heterocycles. The molecule has 8 heteroatoms. The maximum Gasteiger partial charge on any atom is 0.319 e. The Labute approximate surface area is 170 Å². The minimum atomic E-state index is -0.398. The maximum absolute atomic E-state index is 12.1. The number of carbonyl (C=O) groups excluding carboxylic acids is 2. The number of ether oxygens (including phenoxy) is 1. The average molecular weight is 410 g/mol. The number of hydrogen-bond acceptors (Lipinski definition) is 4. The summed E-state index contributed by atoms with van der Waals surface area (Å²) in [4.78, 5) is 24.1. The molecule has 1 saturated heterocycles. The second-order valence-electron chi connectivity index (χ2n) is 7.48. The highest BCUT2D eigenvalue weighted by molar-refractivity contribution is 6.30. The number of carbonyl (C=O) groups is 2. The molecule has 7 nitrogen and oxygen atoms in total. The Balaban J connectivity index is 1.36. The average Bonchev–Trinajstić information content (AvgIpc) is 2.63. The number of nitrogens with one attached hydrogen (secondary N) is 3. The molecule has 4 N–H and O–H groups in total. The Kier molecular flexibility index (Phi) is 7.53. The van der Waals surface area contributed by atoms with Crippen molar-refractivity contribution in [3.8, 4) is 0 Å². The van der Waals surface area contributed by atoms with Gasteiger partial charge in [0.25, 0.3) is 0 Å². The van der Waals surface area contributed by atoms with Gasteiger partial charge in [0.05, 0.1) is 18.8 Å². The molecule has 0 bridgehead atoms. The predicted molar refractivity (Wildman–Crippen MR) is 107 cm³/mol. The Hall–Kier alpha value is -1.83. The highest BCUT2D eigenvalue weighted by Crippen LogP contribution is 2.28. The lowest BCUT2D eigenvalue weighted by molar-refractivity contribution is -0.134. The Morgan fingerprint density at radius 3 is 2.54 bits per heavy atom. The number of halogens is 1. The first-order chi connectivity index (χ1) is 13.5. The fourth-order valence-corrected chi connectivity index (χ4v) is 3.66. The van der Waals surface area contributed by atoms with Gasteiger partial charge in [-0.3, -0.25) is 4.79 Å². The van der Waals surface area contributed by atoms with Crippen LogP contribution in [0.3, 0.4) is 0 Å². The lowest BCUT2D eigenvalue weighted by Crippen LogP contribution is -2.53. The summed E-state index contributed by atoms with van der Waals surface area (Å²) in [5, 5.41) is 18.8. The van der Waals surface area contributed by atoms with Gasteiger partial charge in [0.2, 0.25) is 5.91 Å². The van der Waals surface area contributed by atoms with Crippen molar-refractivity contribution in [3.63, 3.8) is 0 Å². The van der Waals surface area contributed by atoms with Crippen LogP contribution in [0.5, 0.6) is 0 Å². The molecule has 2 fully saturated rings. The summed E-state index contributed by atoms with van der Waals surface area (Å²) in [7, 11) is 0. The first-order valence-corrected chi connectivity index (χ1v) is 10.3. The van der Waals surface area contributed by atoms with Gasteiger partial charge in [-0.1, -0.05) is 18.0 Å². The number of hydrogen-bond donors (Lipinski definition) is 4. The normalized spacial score (nSPS) is 24.9. The SMILES string of the molecule is O=C(NCC[C@@H]1CC[C@@H](NC(=O)C2CCC2)[C@@H](CO)O1)Nc1ccc(Cl)cc1. The third-order valence-electron chi connectivity index (χ3n) is 5.45. The fourth-order valence-electron chi connectivity index (χ4n) is 3.54. The third-order valence-corrected chi connectivity index (χ3v) is 5.71. The van der Waals surface area contributed by atoms with E-state index in [-0.39, 0.29) is 36.6 Å². The van der Waals surface area contributed by atoms with Gasteiger partial charge in [0, 0.05) is 23.2 Å². The third kappa shape index (κ3) is 5.83. The van der Waals surface area contributed by atoms with E-state index in [2.05, 4.69) is 16.0 Å². The van der Waals surface area contributed by atoms with E-state index < -0.39 is 6.10 Å². The van der Waals surface area contributed by atoms with Gasteiger partial charge in [-0.25, -0.2) is 4.79 Å². The van der Waals surface area contributed by atoms with E-state index in [9.17, 15) is 14.7 Å². The van der Waals surface area contributed by atoms with Crippen LogP contribution >= 0.6 is 11.6 Å². The number of benzene rings is 1. The fraction of sp³-hybridized carbons (Fsp3) is 0.600. The van der Waals surface area contributed by atoms with E-state index in [1.807, 2.05) is 0 Å². The van der Waals surface area contributed by atoms with Crippen molar-refractivity contribution in [2.75, 3.05) is 18.5 Å². The van der Waals surface area contributed by atoms with Crippen LogP contribution in [0.25, 0.3) is 0 Å². The number of aliphatic hydroxyl groups is 1. The Morgan fingerprint density at radius 1 is 1.14 bits per heavy atom. The van der Waals surface area contributed by atoms with Crippen molar-refractivity contribution in [1.29, 1.82) is 0 Å². The van der Waals surface area contributed by atoms with E-state index in [1.54, 1.807) is 24.3 Å². The zero-order valence-corrected chi connectivity index (χ0v) is 16.6. The molecule has 0 unspecified atom stereocenters. The van der Waals surface area contributed by atoms with Crippen LogP contribution in [0.4, 0.5) is 10.5 Å². The van der Waals surface area contributed by atoms with Crippen LogP contribution in [0, 0.1) is 5.92 Å². The van der Waals surface area contributed by atoms with Crippen molar-refractivity contribution in [2.45, 2.75) is 56.8 Å². The molecule has 3 rings (SSSR count). The largest absolute Gasteiger partial charge is 0.394 e. The molecular weight excluding hydrogens is 382 g/mol. The molecule has 3 atom stereocenters. The summed E-state index contributed by atoms with van der Waals surface area (Å²) >= 11 is 5.82. The van der Waals surface area contributed by atoms with Crippen molar-refractivity contribution in [1.82, 2.24) is 10.6 Å². The molecule has 1 aliphatic carbocycles. The van der Waals surface area contributed by atoms with Crippen LogP contribution in [-0.4, -0.2) is 48.4 Å². The van der Waals surface area contributed by atoms with Crippen LogP contribution in [0.1, 0.15) is 38.5 Å². The molecule has 1 aromatic rings. The van der Waals surface area contributed by atoms with Gasteiger partial charge in [-0.15, -0.1) is 0 Å². The van der Waals surface area contributed by atoms with E-state index in [0.717, 1.165) is 32.1 Å². The topological polar surface area (TPSA) is 99.7 Å². The van der Waals surface area contributed by atoms with E-state index in [1.165, 1.54) is 0 Å². The van der Waals surface area contributed by atoms with Gasteiger partial charge in [-0.05, 0) is 56.4 Å². The molecular formula is C20H28ClN3O4. The quantitative estimate of drug-likeness (QED) is 0.556. The zero-order chi connectivity index (χ0) is 19.9. The molecule has 2 aliphatic rings. The number of aliphatic hydroxyl groups excluding tert-OH is 1. The van der Waals surface area contributed by atoms with Crippen LogP contribution in [-0.2, 0) is 9.53 Å². The van der Waals surface area contributed by atoms with Crippen LogP contribution in [0.15, 0.2) is 24.3 Å².